The SMILES string of the molecule is CCc1nnc(NS(=O)(=O)c2ccc(-n3c(-c4cnccn4)n[nH]c3=S)cc2)s1. The van der Waals surface area contributed by atoms with Crippen molar-refractivity contribution < 1.29 is 8.42 Å². The largest absolute Gasteiger partial charge is 0.267 e. The first-order chi connectivity index (χ1) is 14.0. The van der Waals surface area contributed by atoms with Gasteiger partial charge in [0.1, 0.15) is 10.7 Å². The minimum atomic E-state index is -3.79. The summed E-state index contributed by atoms with van der Waals surface area (Å²) in [5.74, 6) is 0.470. The first-order valence-corrected chi connectivity index (χ1v) is 11.1. The number of benzene rings is 1. The molecule has 0 atom stereocenters. The van der Waals surface area contributed by atoms with E-state index in [2.05, 4.69) is 35.1 Å². The van der Waals surface area contributed by atoms with Gasteiger partial charge in [-0.25, -0.2) is 13.4 Å². The number of aryl methyl sites for hydroxylation is 1. The summed E-state index contributed by atoms with van der Waals surface area (Å²) in [6.07, 6.45) is 5.36. The van der Waals surface area contributed by atoms with Crippen LogP contribution in [-0.2, 0) is 16.4 Å². The molecule has 2 N–H and O–H groups in total. The molecule has 0 saturated carbocycles. The molecule has 3 heterocycles. The van der Waals surface area contributed by atoms with Crippen LogP contribution in [0.15, 0.2) is 47.8 Å². The maximum absolute atomic E-state index is 12.6. The van der Waals surface area contributed by atoms with Crippen molar-refractivity contribution in [2.45, 2.75) is 18.2 Å². The molecule has 1 aromatic carbocycles. The van der Waals surface area contributed by atoms with Crippen LogP contribution in [0.2, 0.25) is 0 Å². The predicted molar refractivity (Wildman–Crippen MR) is 110 cm³/mol. The van der Waals surface area contributed by atoms with E-state index in [0.717, 1.165) is 5.01 Å². The van der Waals surface area contributed by atoms with Crippen LogP contribution in [0, 0.1) is 4.77 Å². The summed E-state index contributed by atoms with van der Waals surface area (Å²) in [5, 5.41) is 15.7. The lowest BCUT2D eigenvalue weighted by Crippen LogP contribution is -2.13. The third-order valence-corrected chi connectivity index (χ3v) is 6.60. The van der Waals surface area contributed by atoms with Crippen molar-refractivity contribution in [1.29, 1.82) is 0 Å². The highest BCUT2D eigenvalue weighted by Crippen LogP contribution is 2.23. The van der Waals surface area contributed by atoms with Gasteiger partial charge in [-0.1, -0.05) is 18.3 Å². The van der Waals surface area contributed by atoms with Crippen molar-refractivity contribution in [3.05, 3.63) is 52.6 Å². The van der Waals surface area contributed by atoms with Crippen LogP contribution in [0.1, 0.15) is 11.9 Å². The second kappa shape index (κ2) is 7.77. The van der Waals surface area contributed by atoms with E-state index in [-0.39, 0.29) is 10.0 Å². The molecule has 0 aliphatic carbocycles. The molecule has 3 aromatic heterocycles. The summed E-state index contributed by atoms with van der Waals surface area (Å²) in [6.45, 7) is 1.92. The van der Waals surface area contributed by atoms with Crippen LogP contribution in [0.5, 0.6) is 0 Å². The number of sulfonamides is 1. The van der Waals surface area contributed by atoms with Crippen LogP contribution in [-0.4, -0.2) is 43.3 Å². The van der Waals surface area contributed by atoms with Crippen LogP contribution >= 0.6 is 23.6 Å². The Morgan fingerprint density at radius 1 is 1.21 bits per heavy atom. The Morgan fingerprint density at radius 2 is 2.00 bits per heavy atom. The third-order valence-electron chi connectivity index (χ3n) is 3.86. The molecular formula is C16H14N8O2S3. The molecule has 0 aliphatic heterocycles. The molecule has 0 amide bonds. The number of rotatable bonds is 6. The van der Waals surface area contributed by atoms with Crippen LogP contribution < -0.4 is 4.72 Å². The first-order valence-electron chi connectivity index (χ1n) is 8.37. The average Bonchev–Trinajstić information content (AvgIpc) is 3.34. The highest BCUT2D eigenvalue weighted by atomic mass is 32.2. The summed E-state index contributed by atoms with van der Waals surface area (Å²) in [6, 6.07) is 6.23. The van der Waals surface area contributed by atoms with Gasteiger partial charge in [-0.2, -0.15) is 5.10 Å². The summed E-state index contributed by atoms with van der Waals surface area (Å²) in [7, 11) is -3.79. The van der Waals surface area contributed by atoms with Gasteiger partial charge in [0.05, 0.1) is 16.8 Å². The van der Waals surface area contributed by atoms with Gasteiger partial charge in [-0.3, -0.25) is 19.4 Å². The van der Waals surface area contributed by atoms with Crippen molar-refractivity contribution in [3.63, 3.8) is 0 Å². The maximum Gasteiger partial charge on any atom is 0.263 e. The molecule has 148 valence electrons. The molecule has 0 radical (unpaired) electrons. The molecule has 0 spiro atoms. The van der Waals surface area contributed by atoms with Gasteiger partial charge in [-0.15, -0.1) is 10.2 Å². The molecule has 10 nitrogen and oxygen atoms in total. The van der Waals surface area contributed by atoms with Gasteiger partial charge in [0.25, 0.3) is 10.0 Å². The molecule has 0 unspecified atom stereocenters. The Morgan fingerprint density at radius 3 is 2.66 bits per heavy atom. The van der Waals surface area contributed by atoms with E-state index in [1.165, 1.54) is 23.5 Å². The number of aromatic nitrogens is 7. The molecule has 0 aliphatic rings. The fourth-order valence-electron chi connectivity index (χ4n) is 2.51. The van der Waals surface area contributed by atoms with Crippen molar-refractivity contribution in [2.24, 2.45) is 0 Å². The zero-order chi connectivity index (χ0) is 20.4. The molecule has 13 heteroatoms. The van der Waals surface area contributed by atoms with E-state index in [9.17, 15) is 8.42 Å². The molecule has 29 heavy (non-hydrogen) atoms. The van der Waals surface area contributed by atoms with Crippen molar-refractivity contribution in [1.82, 2.24) is 34.9 Å². The topological polar surface area (TPSA) is 131 Å². The Hall–Kier alpha value is -3.03. The number of aromatic amines is 1. The van der Waals surface area contributed by atoms with Gasteiger partial charge < -0.3 is 0 Å². The lowest BCUT2D eigenvalue weighted by molar-refractivity contribution is 0.601. The van der Waals surface area contributed by atoms with E-state index in [1.54, 1.807) is 35.3 Å². The van der Waals surface area contributed by atoms with Crippen molar-refractivity contribution in [2.75, 3.05) is 4.72 Å². The summed E-state index contributed by atoms with van der Waals surface area (Å²) in [4.78, 5) is 8.36. The normalized spacial score (nSPS) is 11.5. The van der Waals surface area contributed by atoms with Gasteiger partial charge >= 0.3 is 0 Å². The maximum atomic E-state index is 12.6. The zero-order valence-electron chi connectivity index (χ0n) is 15.0. The Bertz CT molecular complexity index is 1290. The van der Waals surface area contributed by atoms with Gasteiger partial charge in [0.2, 0.25) is 5.13 Å². The standard InChI is InChI=1S/C16H14N8O2S3/c1-2-13-19-21-15(28-13)23-29(25,26)11-5-3-10(4-6-11)24-14(20-22-16(24)27)12-9-17-7-8-18-12/h3-9H,2H2,1H3,(H,21,23)(H,22,27). The van der Waals surface area contributed by atoms with Crippen molar-refractivity contribution in [3.8, 4) is 17.2 Å². The molecule has 0 saturated heterocycles. The number of hydrogen-bond donors (Lipinski definition) is 2. The van der Waals surface area contributed by atoms with Gasteiger partial charge in [0, 0.05) is 12.4 Å². The molecule has 4 aromatic rings. The fourth-order valence-corrected chi connectivity index (χ4v) is 4.66. The Labute approximate surface area is 174 Å². The molecular weight excluding hydrogens is 432 g/mol. The number of nitrogens with zero attached hydrogens (tertiary/aromatic N) is 6. The second-order valence-electron chi connectivity index (χ2n) is 5.73. The van der Waals surface area contributed by atoms with E-state index in [0.29, 0.717) is 28.4 Å². The van der Waals surface area contributed by atoms with Crippen LogP contribution in [0.25, 0.3) is 17.2 Å². The van der Waals surface area contributed by atoms with Crippen LogP contribution in [0.3, 0.4) is 0 Å². The van der Waals surface area contributed by atoms with Crippen molar-refractivity contribution >= 4 is 38.7 Å². The minimum Gasteiger partial charge on any atom is -0.267 e. The lowest BCUT2D eigenvalue weighted by Gasteiger charge is -2.08. The van der Waals surface area contributed by atoms with Gasteiger partial charge in [0.15, 0.2) is 10.6 Å². The molecule has 0 bridgehead atoms. The van der Waals surface area contributed by atoms with Gasteiger partial charge in [-0.05, 0) is 42.9 Å². The fraction of sp³-hybridized carbons (Fsp3) is 0.125. The lowest BCUT2D eigenvalue weighted by atomic mass is 10.3. The predicted octanol–water partition coefficient (Wildman–Crippen LogP) is 2.60. The second-order valence-corrected chi connectivity index (χ2v) is 8.86. The first kappa shape index (κ1) is 19.3. The quantitative estimate of drug-likeness (QED) is 0.432. The van der Waals surface area contributed by atoms with Crippen LogP contribution in [0.4, 0.5) is 5.13 Å². The molecule has 4 rings (SSSR count). The zero-order valence-corrected chi connectivity index (χ0v) is 17.4. The van der Waals surface area contributed by atoms with E-state index in [4.69, 9.17) is 12.2 Å². The highest BCUT2D eigenvalue weighted by Gasteiger charge is 2.18. The summed E-state index contributed by atoms with van der Waals surface area (Å²) in [5.41, 5.74) is 1.16. The average molecular weight is 447 g/mol. The summed E-state index contributed by atoms with van der Waals surface area (Å²) >= 11 is 6.52. The van der Waals surface area contributed by atoms with E-state index < -0.39 is 10.0 Å². The highest BCUT2D eigenvalue weighted by molar-refractivity contribution is 7.93. The Balaban J connectivity index is 1.65. The number of hydrogen-bond acceptors (Lipinski definition) is 9. The smallest absolute Gasteiger partial charge is 0.263 e. The third kappa shape index (κ3) is 3.92. The number of H-pyrrole nitrogens is 1. The number of anilines is 1. The Kier molecular flexibility index (Phi) is 5.17. The molecule has 0 fully saturated rings. The monoisotopic (exact) mass is 446 g/mol. The summed E-state index contributed by atoms with van der Waals surface area (Å²) < 4.78 is 29.7. The van der Waals surface area contributed by atoms with E-state index in [1.807, 2.05) is 6.92 Å². The van der Waals surface area contributed by atoms with E-state index >= 15 is 0 Å². The minimum absolute atomic E-state index is 0.0885. The number of nitrogens with one attached hydrogen (secondary N) is 2.